The van der Waals surface area contributed by atoms with Gasteiger partial charge in [-0.3, -0.25) is 4.79 Å². The second-order valence-corrected chi connectivity index (χ2v) is 3.11. The number of nitrogens with zero attached hydrogens (tertiary/aromatic N) is 2. The van der Waals surface area contributed by atoms with Crippen molar-refractivity contribution in [2.24, 2.45) is 0 Å². The molecule has 5 nitrogen and oxygen atoms in total. The normalized spacial score (nSPS) is 9.67. The fourth-order valence-corrected chi connectivity index (χ4v) is 1.17. The molecule has 0 saturated heterocycles. The molecule has 0 fully saturated rings. The highest BCUT2D eigenvalue weighted by Crippen LogP contribution is 2.08. The highest BCUT2D eigenvalue weighted by molar-refractivity contribution is 5.96. The molecule has 0 radical (unpaired) electrons. The molecule has 0 aliphatic heterocycles. The van der Waals surface area contributed by atoms with E-state index in [9.17, 15) is 4.79 Å². The Bertz CT molecular complexity index is 378. The number of hydrogen-bond donors (Lipinski definition) is 1. The lowest BCUT2D eigenvalue weighted by Crippen LogP contribution is -2.30. The van der Waals surface area contributed by atoms with Gasteiger partial charge in [-0.2, -0.15) is 5.26 Å². The number of hydrogen-bond acceptors (Lipinski definition) is 3. The van der Waals surface area contributed by atoms with Gasteiger partial charge in [-0.05, 0) is 0 Å². The van der Waals surface area contributed by atoms with E-state index in [0.29, 0.717) is 24.3 Å². The van der Waals surface area contributed by atoms with Crippen LogP contribution in [0, 0.1) is 11.3 Å². The van der Waals surface area contributed by atoms with Gasteiger partial charge in [-0.15, -0.1) is 0 Å². The number of aromatic nitrogens is 1. The fraction of sp³-hybridized carbons (Fsp3) is 0.400. The van der Waals surface area contributed by atoms with Crippen LogP contribution in [0.1, 0.15) is 15.9 Å². The van der Waals surface area contributed by atoms with E-state index in [1.807, 2.05) is 6.07 Å². The predicted molar refractivity (Wildman–Crippen MR) is 54.3 cm³/mol. The zero-order chi connectivity index (χ0) is 11.3. The Morgan fingerprint density at radius 3 is 3.00 bits per heavy atom. The second kappa shape index (κ2) is 5.17. The van der Waals surface area contributed by atoms with E-state index in [0.717, 1.165) is 0 Å². The smallest absolute Gasteiger partial charge is 0.256 e. The molecule has 1 N–H and O–H groups in total. The molecule has 5 heteroatoms. The summed E-state index contributed by atoms with van der Waals surface area (Å²) < 4.78 is 4.87. The monoisotopic (exact) mass is 207 g/mol. The zero-order valence-electron chi connectivity index (χ0n) is 8.78. The van der Waals surface area contributed by atoms with Crippen LogP contribution in [0.2, 0.25) is 0 Å². The molecule has 0 aliphatic carbocycles. The maximum Gasteiger partial charge on any atom is 0.256 e. The molecule has 0 aromatic carbocycles. The molecule has 0 atom stereocenters. The maximum atomic E-state index is 11.8. The number of nitriles is 1. The van der Waals surface area contributed by atoms with Crippen LogP contribution >= 0.6 is 0 Å². The van der Waals surface area contributed by atoms with Crippen molar-refractivity contribution < 1.29 is 9.53 Å². The minimum atomic E-state index is -0.176. The first-order valence-corrected chi connectivity index (χ1v) is 4.52. The molecule has 0 saturated carbocycles. The van der Waals surface area contributed by atoms with Gasteiger partial charge in [0.15, 0.2) is 0 Å². The first-order chi connectivity index (χ1) is 7.20. The van der Waals surface area contributed by atoms with E-state index in [1.165, 1.54) is 17.3 Å². The average Bonchev–Trinajstić information content (AvgIpc) is 2.72. The quantitative estimate of drug-likeness (QED) is 0.786. The Morgan fingerprint density at radius 2 is 2.40 bits per heavy atom. The van der Waals surface area contributed by atoms with Crippen molar-refractivity contribution in [3.05, 3.63) is 23.5 Å². The Kier molecular flexibility index (Phi) is 3.89. The van der Waals surface area contributed by atoms with Crippen LogP contribution in [-0.2, 0) is 4.74 Å². The van der Waals surface area contributed by atoms with E-state index < -0.39 is 0 Å². The summed E-state index contributed by atoms with van der Waals surface area (Å²) >= 11 is 0. The first-order valence-electron chi connectivity index (χ1n) is 4.52. The number of H-pyrrole nitrogens is 1. The molecule has 0 spiro atoms. The summed E-state index contributed by atoms with van der Waals surface area (Å²) in [4.78, 5) is 16.1. The lowest BCUT2D eigenvalue weighted by molar-refractivity contribution is 0.0744. The number of likely N-dealkylation sites (N-methyl/N-ethyl adjacent to an activating group) is 1. The molecule has 1 rings (SSSR count). The Labute approximate surface area is 88.3 Å². The summed E-state index contributed by atoms with van der Waals surface area (Å²) in [5.41, 5.74) is 0.764. The van der Waals surface area contributed by atoms with Crippen molar-refractivity contribution in [2.75, 3.05) is 27.3 Å². The molecule has 1 heterocycles. The largest absolute Gasteiger partial charge is 0.383 e. The third-order valence-electron chi connectivity index (χ3n) is 2.07. The summed E-state index contributed by atoms with van der Waals surface area (Å²) in [6, 6.07) is 1.96. The molecular formula is C10H13N3O2. The molecule has 0 aliphatic rings. The molecule has 1 aromatic heterocycles. The van der Waals surface area contributed by atoms with Gasteiger partial charge in [-0.1, -0.05) is 0 Å². The highest BCUT2D eigenvalue weighted by atomic mass is 16.5. The number of amides is 1. The van der Waals surface area contributed by atoms with Crippen molar-refractivity contribution in [3.8, 4) is 6.07 Å². The van der Waals surface area contributed by atoms with Crippen molar-refractivity contribution in [3.63, 3.8) is 0 Å². The summed E-state index contributed by atoms with van der Waals surface area (Å²) in [6.45, 7) is 0.986. The Morgan fingerprint density at radius 1 is 1.67 bits per heavy atom. The number of ether oxygens (including phenoxy) is 1. The Balaban J connectivity index is 2.72. The van der Waals surface area contributed by atoms with Crippen LogP contribution in [0.4, 0.5) is 0 Å². The van der Waals surface area contributed by atoms with Crippen LogP contribution < -0.4 is 0 Å². The number of carbonyl (C=O) groups is 1. The van der Waals surface area contributed by atoms with Crippen molar-refractivity contribution in [1.82, 2.24) is 9.88 Å². The average molecular weight is 207 g/mol. The second-order valence-electron chi connectivity index (χ2n) is 3.11. The van der Waals surface area contributed by atoms with Gasteiger partial charge >= 0.3 is 0 Å². The molecule has 15 heavy (non-hydrogen) atoms. The van der Waals surface area contributed by atoms with E-state index >= 15 is 0 Å². The molecule has 80 valence electrons. The number of aromatic amines is 1. The van der Waals surface area contributed by atoms with Gasteiger partial charge in [0.2, 0.25) is 0 Å². The van der Waals surface area contributed by atoms with E-state index in [1.54, 1.807) is 14.2 Å². The topological polar surface area (TPSA) is 69.1 Å². The number of rotatable bonds is 4. The third-order valence-corrected chi connectivity index (χ3v) is 2.07. The van der Waals surface area contributed by atoms with Crippen LogP contribution in [0.15, 0.2) is 12.4 Å². The van der Waals surface area contributed by atoms with Gasteiger partial charge < -0.3 is 14.6 Å². The predicted octanol–water partition coefficient (Wildman–Crippen LogP) is 0.605. The Hall–Kier alpha value is -1.80. The molecular weight excluding hydrogens is 194 g/mol. The van der Waals surface area contributed by atoms with Crippen LogP contribution in [0.3, 0.4) is 0 Å². The SMILES string of the molecule is COCCN(C)C(=O)c1c[nH]cc1C#N. The van der Waals surface area contributed by atoms with Crippen molar-refractivity contribution >= 4 is 5.91 Å². The lowest BCUT2D eigenvalue weighted by Gasteiger charge is -2.15. The third kappa shape index (κ3) is 2.58. The van der Waals surface area contributed by atoms with Gasteiger partial charge in [0, 0.05) is 33.1 Å². The molecule has 0 bridgehead atoms. The summed E-state index contributed by atoms with van der Waals surface area (Å²) in [6.07, 6.45) is 3.04. The summed E-state index contributed by atoms with van der Waals surface area (Å²) in [5.74, 6) is -0.176. The standard InChI is InChI=1S/C10H13N3O2/c1-13(3-4-15-2)10(14)9-7-12-6-8(9)5-11/h6-7,12H,3-4H2,1-2H3. The van der Waals surface area contributed by atoms with E-state index in [-0.39, 0.29) is 5.91 Å². The van der Waals surface area contributed by atoms with Crippen molar-refractivity contribution in [1.29, 1.82) is 5.26 Å². The highest BCUT2D eigenvalue weighted by Gasteiger charge is 2.15. The summed E-state index contributed by atoms with van der Waals surface area (Å²) in [5, 5.41) is 8.75. The van der Waals surface area contributed by atoms with Gasteiger partial charge in [0.1, 0.15) is 6.07 Å². The minimum absolute atomic E-state index is 0.176. The summed E-state index contributed by atoms with van der Waals surface area (Å²) in [7, 11) is 3.25. The number of methoxy groups -OCH3 is 1. The van der Waals surface area contributed by atoms with Crippen LogP contribution in [0.25, 0.3) is 0 Å². The van der Waals surface area contributed by atoms with Crippen LogP contribution in [-0.4, -0.2) is 43.1 Å². The first kappa shape index (κ1) is 11.3. The molecule has 1 aromatic rings. The lowest BCUT2D eigenvalue weighted by atomic mass is 10.2. The van der Waals surface area contributed by atoms with E-state index in [2.05, 4.69) is 4.98 Å². The number of nitrogens with one attached hydrogen (secondary N) is 1. The van der Waals surface area contributed by atoms with Crippen LogP contribution in [0.5, 0.6) is 0 Å². The van der Waals surface area contributed by atoms with E-state index in [4.69, 9.17) is 10.00 Å². The van der Waals surface area contributed by atoms with Gasteiger partial charge in [-0.25, -0.2) is 0 Å². The van der Waals surface area contributed by atoms with Gasteiger partial charge in [0.25, 0.3) is 5.91 Å². The van der Waals surface area contributed by atoms with Gasteiger partial charge in [0.05, 0.1) is 17.7 Å². The maximum absolute atomic E-state index is 11.8. The van der Waals surface area contributed by atoms with Crippen molar-refractivity contribution in [2.45, 2.75) is 0 Å². The molecule has 0 unspecified atom stereocenters. The fourth-order valence-electron chi connectivity index (χ4n) is 1.17. The molecule has 1 amide bonds. The number of carbonyl (C=O) groups excluding carboxylic acids is 1. The minimum Gasteiger partial charge on any atom is -0.383 e. The zero-order valence-corrected chi connectivity index (χ0v) is 8.78.